The maximum absolute atomic E-state index is 5.94. The zero-order chi connectivity index (χ0) is 17.7. The Balaban J connectivity index is 1.59. The lowest BCUT2D eigenvalue weighted by Crippen LogP contribution is -2.21. The molecule has 0 amide bonds. The largest absolute Gasteiger partial charge is 0.378 e. The predicted octanol–water partition coefficient (Wildman–Crippen LogP) is 6.69. The molecule has 0 unspecified atom stereocenters. The molecule has 140 valence electrons. The number of rotatable bonds is 7. The molecule has 2 fully saturated rings. The van der Waals surface area contributed by atoms with E-state index in [1.165, 1.54) is 70.6 Å². The fourth-order valence-electron chi connectivity index (χ4n) is 4.10. The Kier molecular flexibility index (Phi) is 10.1. The molecule has 0 heterocycles. The molecule has 0 radical (unpaired) electrons. The molecule has 0 aliphatic heterocycles. The first-order valence-electron chi connectivity index (χ1n) is 10.8. The number of hydrogen-bond donors (Lipinski definition) is 0. The van der Waals surface area contributed by atoms with Gasteiger partial charge in [-0.3, -0.25) is 0 Å². The van der Waals surface area contributed by atoms with Gasteiger partial charge in [-0.05, 0) is 87.7 Å². The van der Waals surface area contributed by atoms with Crippen LogP contribution in [0.3, 0.4) is 0 Å². The fourth-order valence-corrected chi connectivity index (χ4v) is 4.10. The van der Waals surface area contributed by atoms with Gasteiger partial charge in [-0.2, -0.15) is 0 Å². The van der Waals surface area contributed by atoms with Gasteiger partial charge in [0.05, 0.1) is 6.10 Å². The van der Waals surface area contributed by atoms with Crippen LogP contribution < -0.4 is 0 Å². The normalized spacial score (nSPS) is 30.5. The first-order chi connectivity index (χ1) is 12.3. The lowest BCUT2D eigenvalue weighted by Gasteiger charge is -2.26. The summed E-state index contributed by atoms with van der Waals surface area (Å²) in [5, 5.41) is 0. The standard InChI is InChI=1S/C24H38O/c1-3-5-20-25-24-18-16-23(17-19-24)11-9-7-6-8-10-22-14-12-21(4-2)13-15-22/h8-11,21-24H,3-5,12-20H2,1-2H3. The van der Waals surface area contributed by atoms with Gasteiger partial charge in [-0.1, -0.05) is 50.7 Å². The van der Waals surface area contributed by atoms with Crippen molar-refractivity contribution < 1.29 is 4.74 Å². The molecule has 0 spiro atoms. The van der Waals surface area contributed by atoms with Gasteiger partial charge in [0, 0.05) is 6.61 Å². The highest BCUT2D eigenvalue weighted by molar-refractivity contribution is 5.24. The summed E-state index contributed by atoms with van der Waals surface area (Å²) in [6.07, 6.45) is 23.6. The van der Waals surface area contributed by atoms with Gasteiger partial charge in [-0.15, -0.1) is 0 Å². The molecule has 0 aromatic rings. The molecule has 1 nitrogen and oxygen atoms in total. The van der Waals surface area contributed by atoms with Crippen molar-refractivity contribution in [2.75, 3.05) is 6.61 Å². The van der Waals surface area contributed by atoms with Crippen LogP contribution in [0.15, 0.2) is 24.3 Å². The van der Waals surface area contributed by atoms with E-state index in [4.69, 9.17) is 4.74 Å². The summed E-state index contributed by atoms with van der Waals surface area (Å²) in [4.78, 5) is 0. The molecule has 0 atom stereocenters. The summed E-state index contributed by atoms with van der Waals surface area (Å²) < 4.78 is 5.94. The van der Waals surface area contributed by atoms with Crippen molar-refractivity contribution in [1.82, 2.24) is 0 Å². The summed E-state index contributed by atoms with van der Waals surface area (Å²) in [6.45, 7) is 5.49. The van der Waals surface area contributed by atoms with Crippen LogP contribution in [0.2, 0.25) is 0 Å². The van der Waals surface area contributed by atoms with Crippen molar-refractivity contribution in [3.05, 3.63) is 24.3 Å². The van der Waals surface area contributed by atoms with E-state index in [1.807, 2.05) is 0 Å². The molecule has 2 aliphatic rings. The second kappa shape index (κ2) is 12.4. The van der Waals surface area contributed by atoms with Gasteiger partial charge < -0.3 is 4.74 Å². The van der Waals surface area contributed by atoms with E-state index < -0.39 is 0 Å². The van der Waals surface area contributed by atoms with Crippen molar-refractivity contribution in [2.45, 2.75) is 90.6 Å². The van der Waals surface area contributed by atoms with E-state index in [0.717, 1.165) is 18.4 Å². The molecule has 2 rings (SSSR count). The van der Waals surface area contributed by atoms with Crippen molar-refractivity contribution in [1.29, 1.82) is 0 Å². The van der Waals surface area contributed by atoms with Crippen LogP contribution in [-0.4, -0.2) is 12.7 Å². The zero-order valence-electron chi connectivity index (χ0n) is 16.5. The van der Waals surface area contributed by atoms with Crippen molar-refractivity contribution in [3.8, 4) is 11.8 Å². The highest BCUT2D eigenvalue weighted by Crippen LogP contribution is 2.31. The molecule has 0 bridgehead atoms. The van der Waals surface area contributed by atoms with Crippen molar-refractivity contribution in [3.63, 3.8) is 0 Å². The van der Waals surface area contributed by atoms with E-state index in [0.29, 0.717) is 12.0 Å². The summed E-state index contributed by atoms with van der Waals surface area (Å²) in [7, 11) is 0. The van der Waals surface area contributed by atoms with Gasteiger partial charge in [-0.25, -0.2) is 0 Å². The quantitative estimate of drug-likeness (QED) is 0.370. The molecule has 0 aromatic heterocycles. The molecule has 2 aliphatic carbocycles. The number of allylic oxidation sites excluding steroid dienone is 4. The van der Waals surface area contributed by atoms with E-state index in [-0.39, 0.29) is 0 Å². The Morgan fingerprint density at radius 2 is 1.36 bits per heavy atom. The summed E-state index contributed by atoms with van der Waals surface area (Å²) in [5.41, 5.74) is 0. The van der Waals surface area contributed by atoms with E-state index in [2.05, 4.69) is 50.0 Å². The Morgan fingerprint density at radius 3 is 1.88 bits per heavy atom. The topological polar surface area (TPSA) is 9.23 Å². The smallest absolute Gasteiger partial charge is 0.0575 e. The van der Waals surface area contributed by atoms with Crippen LogP contribution in [0.5, 0.6) is 0 Å². The average molecular weight is 343 g/mol. The lowest BCUT2D eigenvalue weighted by molar-refractivity contribution is 0.0209. The summed E-state index contributed by atoms with van der Waals surface area (Å²) >= 11 is 0. The highest BCUT2D eigenvalue weighted by atomic mass is 16.5. The molecule has 0 N–H and O–H groups in total. The molecule has 1 heteroatoms. The summed E-state index contributed by atoms with van der Waals surface area (Å²) in [5.74, 6) is 8.84. The van der Waals surface area contributed by atoms with Gasteiger partial charge in [0.25, 0.3) is 0 Å². The Hall–Kier alpha value is -1.00. The minimum Gasteiger partial charge on any atom is -0.378 e. The van der Waals surface area contributed by atoms with Crippen LogP contribution in [0.25, 0.3) is 0 Å². The Bertz CT molecular complexity index is 448. The Morgan fingerprint density at radius 1 is 0.800 bits per heavy atom. The number of ether oxygens (including phenoxy) is 1. The monoisotopic (exact) mass is 342 g/mol. The molecule has 0 saturated heterocycles. The molecule has 2 saturated carbocycles. The maximum Gasteiger partial charge on any atom is 0.0575 e. The predicted molar refractivity (Wildman–Crippen MR) is 108 cm³/mol. The van der Waals surface area contributed by atoms with Gasteiger partial charge in [0.2, 0.25) is 0 Å². The van der Waals surface area contributed by atoms with Crippen LogP contribution >= 0.6 is 0 Å². The zero-order valence-corrected chi connectivity index (χ0v) is 16.5. The van der Waals surface area contributed by atoms with Gasteiger partial charge in [0.15, 0.2) is 0 Å². The molecule has 0 aromatic carbocycles. The van der Waals surface area contributed by atoms with Gasteiger partial charge in [0.1, 0.15) is 0 Å². The van der Waals surface area contributed by atoms with Crippen molar-refractivity contribution >= 4 is 0 Å². The third kappa shape index (κ3) is 8.28. The molecular weight excluding hydrogens is 304 g/mol. The van der Waals surface area contributed by atoms with E-state index in [1.54, 1.807) is 0 Å². The third-order valence-electron chi connectivity index (χ3n) is 6.03. The van der Waals surface area contributed by atoms with E-state index in [9.17, 15) is 0 Å². The van der Waals surface area contributed by atoms with Crippen LogP contribution in [-0.2, 0) is 4.74 Å². The van der Waals surface area contributed by atoms with Crippen molar-refractivity contribution in [2.24, 2.45) is 17.8 Å². The average Bonchev–Trinajstić information content (AvgIpc) is 2.66. The Labute approximate surface area is 156 Å². The van der Waals surface area contributed by atoms with E-state index >= 15 is 0 Å². The lowest BCUT2D eigenvalue weighted by atomic mass is 9.81. The fraction of sp³-hybridized carbons (Fsp3) is 0.750. The third-order valence-corrected chi connectivity index (χ3v) is 6.03. The number of hydrogen-bond acceptors (Lipinski definition) is 1. The molecular formula is C24H38O. The summed E-state index contributed by atoms with van der Waals surface area (Å²) in [6, 6.07) is 0. The van der Waals surface area contributed by atoms with Crippen LogP contribution in [0.4, 0.5) is 0 Å². The minimum absolute atomic E-state index is 0.507. The number of unbranched alkanes of at least 4 members (excludes halogenated alkanes) is 1. The van der Waals surface area contributed by atoms with Gasteiger partial charge >= 0.3 is 0 Å². The SMILES string of the molecule is CCCCOC1CCC(C=CC#CC=CC2CCC(CC)CC2)CC1. The second-order valence-electron chi connectivity index (χ2n) is 7.96. The highest BCUT2D eigenvalue weighted by Gasteiger charge is 2.19. The van der Waals surface area contributed by atoms with Crippen LogP contribution in [0, 0.1) is 29.6 Å². The second-order valence-corrected chi connectivity index (χ2v) is 7.96. The van der Waals surface area contributed by atoms with Crippen LogP contribution in [0.1, 0.15) is 84.5 Å². The minimum atomic E-state index is 0.507. The first kappa shape index (κ1) is 20.3. The first-order valence-corrected chi connectivity index (χ1v) is 10.8. The maximum atomic E-state index is 5.94. The molecule has 25 heavy (non-hydrogen) atoms.